The Labute approximate surface area is 116 Å². The predicted octanol–water partition coefficient (Wildman–Crippen LogP) is 3.56. The second-order valence-corrected chi connectivity index (χ2v) is 5.88. The van der Waals surface area contributed by atoms with Gasteiger partial charge in [0.25, 0.3) is 0 Å². The van der Waals surface area contributed by atoms with E-state index in [9.17, 15) is 5.11 Å². The first-order valence-electron chi connectivity index (χ1n) is 5.73. The third-order valence-electron chi connectivity index (χ3n) is 2.71. The van der Waals surface area contributed by atoms with Crippen molar-refractivity contribution in [1.82, 2.24) is 0 Å². The molecule has 1 unspecified atom stereocenters. The molecule has 2 aromatic rings. The van der Waals surface area contributed by atoms with Crippen LogP contribution in [0.15, 0.2) is 36.4 Å². The van der Waals surface area contributed by atoms with E-state index < -0.39 is 6.10 Å². The van der Waals surface area contributed by atoms with Gasteiger partial charge in [-0.05, 0) is 23.8 Å². The minimum atomic E-state index is -0.420. The fraction of sp³-hybridized carbons (Fsp3) is 0.286. The first kappa shape index (κ1) is 13.4. The number of thiophene rings is 1. The highest BCUT2D eigenvalue weighted by Crippen LogP contribution is 2.24. The van der Waals surface area contributed by atoms with Gasteiger partial charge in [-0.1, -0.05) is 29.8 Å². The largest absolute Gasteiger partial charge is 0.496 e. The van der Waals surface area contributed by atoms with Crippen molar-refractivity contribution in [2.24, 2.45) is 0 Å². The molecule has 0 saturated heterocycles. The van der Waals surface area contributed by atoms with Crippen LogP contribution in [-0.4, -0.2) is 18.3 Å². The summed E-state index contributed by atoms with van der Waals surface area (Å²) in [7, 11) is 1.64. The minimum Gasteiger partial charge on any atom is -0.496 e. The number of aliphatic hydroxyl groups is 1. The van der Waals surface area contributed by atoms with Gasteiger partial charge in [0.05, 0.1) is 17.6 Å². The van der Waals surface area contributed by atoms with Crippen LogP contribution in [0.1, 0.15) is 10.4 Å². The van der Waals surface area contributed by atoms with Crippen LogP contribution in [0.2, 0.25) is 4.34 Å². The van der Waals surface area contributed by atoms with Crippen molar-refractivity contribution in [3.63, 3.8) is 0 Å². The summed E-state index contributed by atoms with van der Waals surface area (Å²) in [5, 5.41) is 10.1. The SMILES string of the molecule is COc1ccccc1CC(O)Cc1ccc(Cl)s1. The zero-order valence-electron chi connectivity index (χ0n) is 10.1. The summed E-state index contributed by atoms with van der Waals surface area (Å²) in [5.74, 6) is 0.820. The Hall–Kier alpha value is -1.03. The molecule has 0 saturated carbocycles. The van der Waals surface area contributed by atoms with Crippen molar-refractivity contribution in [3.8, 4) is 5.75 Å². The molecule has 1 N–H and O–H groups in total. The number of hydrogen-bond acceptors (Lipinski definition) is 3. The first-order chi connectivity index (χ1) is 8.69. The van der Waals surface area contributed by atoms with Crippen molar-refractivity contribution >= 4 is 22.9 Å². The van der Waals surface area contributed by atoms with E-state index in [1.807, 2.05) is 36.4 Å². The van der Waals surface area contributed by atoms with Gasteiger partial charge in [-0.15, -0.1) is 11.3 Å². The summed E-state index contributed by atoms with van der Waals surface area (Å²) in [5.41, 5.74) is 1.02. The highest BCUT2D eigenvalue weighted by molar-refractivity contribution is 7.16. The number of hydrogen-bond donors (Lipinski definition) is 1. The lowest BCUT2D eigenvalue weighted by atomic mass is 10.0. The van der Waals surface area contributed by atoms with Crippen molar-refractivity contribution in [3.05, 3.63) is 51.2 Å². The normalized spacial score (nSPS) is 12.4. The Balaban J connectivity index is 2.00. The van der Waals surface area contributed by atoms with E-state index in [1.165, 1.54) is 11.3 Å². The van der Waals surface area contributed by atoms with Gasteiger partial charge >= 0.3 is 0 Å². The number of aliphatic hydroxyl groups excluding tert-OH is 1. The first-order valence-corrected chi connectivity index (χ1v) is 6.92. The summed E-state index contributed by atoms with van der Waals surface area (Å²) >= 11 is 7.38. The molecule has 1 atom stereocenters. The van der Waals surface area contributed by atoms with Crippen LogP contribution in [0, 0.1) is 0 Å². The Kier molecular flexibility index (Phi) is 4.64. The van der Waals surface area contributed by atoms with Crippen molar-refractivity contribution in [2.45, 2.75) is 18.9 Å². The van der Waals surface area contributed by atoms with E-state index in [2.05, 4.69) is 0 Å². The predicted molar refractivity (Wildman–Crippen MR) is 75.7 cm³/mol. The average Bonchev–Trinajstić information content (AvgIpc) is 2.75. The number of rotatable bonds is 5. The number of para-hydroxylation sites is 1. The van der Waals surface area contributed by atoms with E-state index in [0.717, 1.165) is 20.5 Å². The molecular weight excluding hydrogens is 268 g/mol. The highest BCUT2D eigenvalue weighted by Gasteiger charge is 2.11. The second-order valence-electron chi connectivity index (χ2n) is 4.08. The lowest BCUT2D eigenvalue weighted by Gasteiger charge is -2.12. The summed E-state index contributed by atoms with van der Waals surface area (Å²) in [6, 6.07) is 11.6. The summed E-state index contributed by atoms with van der Waals surface area (Å²) in [4.78, 5) is 1.10. The zero-order chi connectivity index (χ0) is 13.0. The lowest BCUT2D eigenvalue weighted by Crippen LogP contribution is -2.13. The molecule has 1 aromatic heterocycles. The Bertz CT molecular complexity index is 510. The van der Waals surface area contributed by atoms with Crippen molar-refractivity contribution < 1.29 is 9.84 Å². The van der Waals surface area contributed by atoms with Gasteiger partial charge in [0, 0.05) is 17.7 Å². The average molecular weight is 283 g/mol. The summed E-state index contributed by atoms with van der Waals surface area (Å²) in [6.45, 7) is 0. The monoisotopic (exact) mass is 282 g/mol. The molecule has 2 nitrogen and oxygen atoms in total. The third kappa shape index (κ3) is 3.48. The van der Waals surface area contributed by atoms with E-state index in [1.54, 1.807) is 7.11 Å². The summed E-state index contributed by atoms with van der Waals surface area (Å²) in [6.07, 6.45) is 0.783. The van der Waals surface area contributed by atoms with Gasteiger partial charge in [0.15, 0.2) is 0 Å². The van der Waals surface area contributed by atoms with Gasteiger partial charge in [0.2, 0.25) is 0 Å². The molecular formula is C14H15ClO2S. The molecule has 0 spiro atoms. The van der Waals surface area contributed by atoms with Crippen LogP contribution >= 0.6 is 22.9 Å². The van der Waals surface area contributed by atoms with Crippen LogP contribution in [0.4, 0.5) is 0 Å². The van der Waals surface area contributed by atoms with Gasteiger partial charge in [-0.3, -0.25) is 0 Å². The third-order valence-corrected chi connectivity index (χ3v) is 3.97. The molecule has 0 radical (unpaired) electrons. The van der Waals surface area contributed by atoms with E-state index in [-0.39, 0.29) is 0 Å². The topological polar surface area (TPSA) is 29.5 Å². The molecule has 0 amide bonds. The summed E-state index contributed by atoms with van der Waals surface area (Å²) < 4.78 is 6.03. The van der Waals surface area contributed by atoms with Crippen LogP contribution in [-0.2, 0) is 12.8 Å². The lowest BCUT2D eigenvalue weighted by molar-refractivity contribution is 0.175. The highest BCUT2D eigenvalue weighted by atomic mass is 35.5. The fourth-order valence-electron chi connectivity index (χ4n) is 1.89. The standard InChI is InChI=1S/C14H15ClO2S/c1-17-13-5-3-2-4-10(13)8-11(16)9-12-6-7-14(15)18-12/h2-7,11,16H,8-9H2,1H3. The Morgan fingerprint density at radius 1 is 1.22 bits per heavy atom. The smallest absolute Gasteiger partial charge is 0.122 e. The van der Waals surface area contributed by atoms with E-state index >= 15 is 0 Å². The maximum atomic E-state index is 10.1. The Morgan fingerprint density at radius 2 is 2.00 bits per heavy atom. The van der Waals surface area contributed by atoms with E-state index in [0.29, 0.717) is 12.8 Å². The zero-order valence-corrected chi connectivity index (χ0v) is 11.7. The molecule has 0 aliphatic heterocycles. The van der Waals surface area contributed by atoms with Gasteiger partial charge in [0.1, 0.15) is 5.75 Å². The van der Waals surface area contributed by atoms with E-state index in [4.69, 9.17) is 16.3 Å². The van der Waals surface area contributed by atoms with Crippen LogP contribution in [0.5, 0.6) is 5.75 Å². The van der Waals surface area contributed by atoms with Crippen LogP contribution < -0.4 is 4.74 Å². The quantitative estimate of drug-likeness (QED) is 0.909. The van der Waals surface area contributed by atoms with Gasteiger partial charge < -0.3 is 9.84 Å². The molecule has 0 aliphatic carbocycles. The molecule has 0 bridgehead atoms. The Morgan fingerprint density at radius 3 is 2.67 bits per heavy atom. The molecule has 0 fully saturated rings. The molecule has 1 heterocycles. The number of ether oxygens (including phenoxy) is 1. The molecule has 1 aromatic carbocycles. The molecule has 18 heavy (non-hydrogen) atoms. The maximum absolute atomic E-state index is 10.1. The minimum absolute atomic E-state index is 0.420. The van der Waals surface area contributed by atoms with Crippen LogP contribution in [0.25, 0.3) is 0 Å². The number of benzene rings is 1. The fourth-order valence-corrected chi connectivity index (χ4v) is 3.05. The van der Waals surface area contributed by atoms with Crippen molar-refractivity contribution in [1.29, 1.82) is 0 Å². The maximum Gasteiger partial charge on any atom is 0.122 e. The molecule has 96 valence electrons. The number of halogens is 1. The van der Waals surface area contributed by atoms with Gasteiger partial charge in [-0.25, -0.2) is 0 Å². The molecule has 0 aliphatic rings. The molecule has 4 heteroatoms. The number of methoxy groups -OCH3 is 1. The van der Waals surface area contributed by atoms with Crippen LogP contribution in [0.3, 0.4) is 0 Å². The van der Waals surface area contributed by atoms with Crippen molar-refractivity contribution in [2.75, 3.05) is 7.11 Å². The van der Waals surface area contributed by atoms with Gasteiger partial charge in [-0.2, -0.15) is 0 Å². The second kappa shape index (κ2) is 6.23. The molecule has 2 rings (SSSR count).